The predicted octanol–water partition coefficient (Wildman–Crippen LogP) is 2.22. The molecule has 3 nitrogen and oxygen atoms in total. The highest BCUT2D eigenvalue weighted by Crippen LogP contribution is 2.11. The largest absolute Gasteiger partial charge is 0.369 e. The lowest BCUT2D eigenvalue weighted by Gasteiger charge is -2.26. The van der Waals surface area contributed by atoms with Crippen LogP contribution in [0.25, 0.3) is 0 Å². The van der Waals surface area contributed by atoms with Gasteiger partial charge < -0.3 is 16.0 Å². The first kappa shape index (κ1) is 12.0. The molecule has 1 aliphatic heterocycles. The van der Waals surface area contributed by atoms with Gasteiger partial charge in [-0.15, -0.1) is 0 Å². The Balaban J connectivity index is 1.82. The molecule has 1 saturated heterocycles. The van der Waals surface area contributed by atoms with Gasteiger partial charge in [-0.2, -0.15) is 0 Å². The zero-order valence-corrected chi connectivity index (χ0v) is 10.4. The van der Waals surface area contributed by atoms with Crippen LogP contribution in [0.1, 0.15) is 18.4 Å². The lowest BCUT2D eigenvalue weighted by atomic mass is 10.1. The van der Waals surface area contributed by atoms with E-state index in [0.29, 0.717) is 6.04 Å². The summed E-state index contributed by atoms with van der Waals surface area (Å²) in [6.07, 6.45) is 2.32. The van der Waals surface area contributed by atoms with E-state index < -0.39 is 0 Å². The highest BCUT2D eigenvalue weighted by molar-refractivity contribution is 5.48. The van der Waals surface area contributed by atoms with Crippen LogP contribution in [-0.4, -0.2) is 19.1 Å². The molecule has 0 aromatic heterocycles. The Bertz CT molecular complexity index is 364. The molecular weight excluding hydrogens is 210 g/mol. The molecule has 0 aliphatic carbocycles. The molecule has 17 heavy (non-hydrogen) atoms. The van der Waals surface area contributed by atoms with Gasteiger partial charge in [0.05, 0.1) is 5.82 Å². The molecule has 1 aliphatic rings. The summed E-state index contributed by atoms with van der Waals surface area (Å²) in [5.74, 6) is 0.890. The van der Waals surface area contributed by atoms with E-state index in [2.05, 4.69) is 53.7 Å². The topological polar surface area (TPSA) is 36.1 Å². The second kappa shape index (κ2) is 5.73. The van der Waals surface area contributed by atoms with Crippen LogP contribution in [0.2, 0.25) is 0 Å². The number of hydrogen-bond acceptors (Lipinski definition) is 3. The molecule has 1 fully saturated rings. The smallest absolute Gasteiger partial charge is 0.0959 e. The first-order chi connectivity index (χ1) is 8.24. The Morgan fingerprint density at radius 3 is 2.53 bits per heavy atom. The number of rotatable bonds is 4. The van der Waals surface area contributed by atoms with E-state index in [1.807, 2.05) is 0 Å². The van der Waals surface area contributed by atoms with Crippen molar-refractivity contribution < 1.29 is 0 Å². The van der Waals surface area contributed by atoms with Crippen LogP contribution < -0.4 is 16.0 Å². The second-order valence-electron chi connectivity index (χ2n) is 4.64. The minimum Gasteiger partial charge on any atom is -0.369 e. The maximum atomic E-state index is 4.02. The molecule has 1 heterocycles. The summed E-state index contributed by atoms with van der Waals surface area (Å²) >= 11 is 0. The van der Waals surface area contributed by atoms with Crippen molar-refractivity contribution in [3.05, 3.63) is 42.2 Å². The van der Waals surface area contributed by atoms with Crippen molar-refractivity contribution in [3.63, 3.8) is 0 Å². The molecular formula is C14H21N3. The van der Waals surface area contributed by atoms with Gasteiger partial charge in [-0.1, -0.05) is 24.3 Å². The Labute approximate surface area is 103 Å². The van der Waals surface area contributed by atoms with Gasteiger partial charge in [0.2, 0.25) is 0 Å². The number of nitrogens with one attached hydrogen (secondary N) is 3. The van der Waals surface area contributed by atoms with Crippen molar-refractivity contribution in [2.75, 3.05) is 18.4 Å². The highest BCUT2D eigenvalue weighted by atomic mass is 15.1. The third-order valence-corrected chi connectivity index (χ3v) is 3.06. The van der Waals surface area contributed by atoms with Gasteiger partial charge in [-0.05, 0) is 45.0 Å². The summed E-state index contributed by atoms with van der Waals surface area (Å²) in [5.41, 5.74) is 2.36. The van der Waals surface area contributed by atoms with Gasteiger partial charge in [0.1, 0.15) is 0 Å². The maximum absolute atomic E-state index is 4.02. The van der Waals surface area contributed by atoms with E-state index in [4.69, 9.17) is 0 Å². The summed E-state index contributed by atoms with van der Waals surface area (Å²) < 4.78 is 0. The molecule has 0 unspecified atom stereocenters. The molecule has 0 saturated carbocycles. The third-order valence-electron chi connectivity index (χ3n) is 3.06. The van der Waals surface area contributed by atoms with Gasteiger partial charge in [-0.3, -0.25) is 0 Å². The molecule has 3 heteroatoms. The molecule has 0 amide bonds. The van der Waals surface area contributed by atoms with Crippen LogP contribution in [0, 0.1) is 6.92 Å². The molecule has 0 bridgehead atoms. The minimum absolute atomic E-state index is 0.543. The SMILES string of the molecule is C=C(Nc1ccc(C)cc1)NC1CCNCC1. The Morgan fingerprint density at radius 1 is 1.24 bits per heavy atom. The lowest BCUT2D eigenvalue weighted by Crippen LogP contribution is -2.40. The van der Waals surface area contributed by atoms with E-state index in [9.17, 15) is 0 Å². The van der Waals surface area contributed by atoms with Crippen molar-refractivity contribution in [1.29, 1.82) is 0 Å². The highest BCUT2D eigenvalue weighted by Gasteiger charge is 2.12. The Kier molecular flexibility index (Phi) is 4.04. The number of benzene rings is 1. The average Bonchev–Trinajstić information content (AvgIpc) is 2.33. The van der Waals surface area contributed by atoms with Crippen LogP contribution >= 0.6 is 0 Å². The van der Waals surface area contributed by atoms with Gasteiger partial charge >= 0.3 is 0 Å². The summed E-state index contributed by atoms with van der Waals surface area (Å²) in [6.45, 7) is 8.30. The van der Waals surface area contributed by atoms with E-state index in [1.165, 1.54) is 5.56 Å². The van der Waals surface area contributed by atoms with Gasteiger partial charge in [0.25, 0.3) is 0 Å². The Morgan fingerprint density at radius 2 is 1.88 bits per heavy atom. The monoisotopic (exact) mass is 231 g/mol. The molecule has 0 atom stereocenters. The van der Waals surface area contributed by atoms with Crippen LogP contribution in [0.5, 0.6) is 0 Å². The molecule has 0 radical (unpaired) electrons. The molecule has 1 aromatic carbocycles. The van der Waals surface area contributed by atoms with Crippen molar-refractivity contribution >= 4 is 5.69 Å². The predicted molar refractivity (Wildman–Crippen MR) is 73.0 cm³/mol. The summed E-state index contributed by atoms with van der Waals surface area (Å²) in [4.78, 5) is 0. The van der Waals surface area contributed by atoms with E-state index in [-0.39, 0.29) is 0 Å². The number of piperidine rings is 1. The van der Waals surface area contributed by atoms with E-state index in [0.717, 1.165) is 37.4 Å². The molecule has 2 rings (SSSR count). The van der Waals surface area contributed by atoms with Crippen LogP contribution in [-0.2, 0) is 0 Å². The minimum atomic E-state index is 0.543. The third kappa shape index (κ3) is 3.79. The summed E-state index contributed by atoms with van der Waals surface area (Å²) in [7, 11) is 0. The quantitative estimate of drug-likeness (QED) is 0.743. The fraction of sp³-hybridized carbons (Fsp3) is 0.429. The summed E-state index contributed by atoms with van der Waals surface area (Å²) in [5, 5.41) is 10.1. The number of anilines is 1. The first-order valence-electron chi connectivity index (χ1n) is 6.24. The second-order valence-corrected chi connectivity index (χ2v) is 4.64. The van der Waals surface area contributed by atoms with Gasteiger partial charge in [0, 0.05) is 11.7 Å². The van der Waals surface area contributed by atoms with Crippen molar-refractivity contribution in [2.24, 2.45) is 0 Å². The molecule has 0 spiro atoms. The Hall–Kier alpha value is -1.48. The maximum Gasteiger partial charge on any atom is 0.0959 e. The lowest BCUT2D eigenvalue weighted by molar-refractivity contribution is 0.413. The fourth-order valence-corrected chi connectivity index (χ4v) is 2.06. The zero-order valence-electron chi connectivity index (χ0n) is 10.4. The zero-order chi connectivity index (χ0) is 12.1. The van der Waals surface area contributed by atoms with Crippen molar-refractivity contribution in [3.8, 4) is 0 Å². The van der Waals surface area contributed by atoms with Gasteiger partial charge in [-0.25, -0.2) is 0 Å². The molecule has 3 N–H and O–H groups in total. The van der Waals surface area contributed by atoms with Crippen molar-refractivity contribution in [2.45, 2.75) is 25.8 Å². The average molecular weight is 231 g/mol. The molecule has 92 valence electrons. The molecule has 1 aromatic rings. The van der Waals surface area contributed by atoms with Crippen LogP contribution in [0.15, 0.2) is 36.7 Å². The number of aryl methyl sites for hydroxylation is 1. The standard InChI is InChI=1S/C14H21N3/c1-11-3-5-13(6-4-11)16-12(2)17-14-7-9-15-10-8-14/h3-6,14-17H,2,7-10H2,1H3. The first-order valence-corrected chi connectivity index (χ1v) is 6.24. The normalized spacial score (nSPS) is 16.5. The summed E-state index contributed by atoms with van der Waals surface area (Å²) in [6, 6.07) is 8.89. The van der Waals surface area contributed by atoms with Crippen molar-refractivity contribution in [1.82, 2.24) is 10.6 Å². The van der Waals surface area contributed by atoms with E-state index >= 15 is 0 Å². The van der Waals surface area contributed by atoms with Crippen LogP contribution in [0.4, 0.5) is 5.69 Å². The number of hydrogen-bond donors (Lipinski definition) is 3. The van der Waals surface area contributed by atoms with Crippen LogP contribution in [0.3, 0.4) is 0 Å². The fourth-order valence-electron chi connectivity index (χ4n) is 2.06. The van der Waals surface area contributed by atoms with Gasteiger partial charge in [0.15, 0.2) is 0 Å². The van der Waals surface area contributed by atoms with E-state index in [1.54, 1.807) is 0 Å².